The van der Waals surface area contributed by atoms with Gasteiger partial charge < -0.3 is 14.2 Å². The normalized spacial score (nSPS) is 27.1. The van der Waals surface area contributed by atoms with E-state index in [4.69, 9.17) is 14.2 Å². The molecule has 0 radical (unpaired) electrons. The van der Waals surface area contributed by atoms with E-state index in [0.717, 1.165) is 57.8 Å². The molecule has 4 rings (SSSR count). The predicted octanol–water partition coefficient (Wildman–Crippen LogP) is 2.81. The van der Waals surface area contributed by atoms with Gasteiger partial charge in [0.1, 0.15) is 12.8 Å². The molecule has 8 nitrogen and oxygen atoms in total. The number of carbonyl (C=O) groups is 1. The van der Waals surface area contributed by atoms with E-state index in [9.17, 15) is 14.4 Å². The van der Waals surface area contributed by atoms with Crippen molar-refractivity contribution in [2.24, 2.45) is 0 Å². The van der Waals surface area contributed by atoms with Gasteiger partial charge >= 0.3 is 11.7 Å². The number of esters is 1. The Morgan fingerprint density at radius 3 is 2.53 bits per heavy atom. The number of carbonyl (C=O) groups excluding carboxylic acids is 1. The van der Waals surface area contributed by atoms with Crippen LogP contribution in [0.4, 0.5) is 0 Å². The highest BCUT2D eigenvalue weighted by atomic mass is 16.6. The summed E-state index contributed by atoms with van der Waals surface area (Å²) in [6.45, 7) is 0.156. The number of hydrogen-bond acceptors (Lipinski definition) is 6. The molecule has 2 unspecified atom stereocenters. The molecular formula is C22H32N2O6. The zero-order valence-electron chi connectivity index (χ0n) is 17.5. The average molecular weight is 421 g/mol. The van der Waals surface area contributed by atoms with Crippen molar-refractivity contribution in [3.05, 3.63) is 33.1 Å². The van der Waals surface area contributed by atoms with E-state index in [0.29, 0.717) is 12.8 Å². The zero-order valence-corrected chi connectivity index (χ0v) is 17.5. The lowest BCUT2D eigenvalue weighted by Gasteiger charge is -2.39. The Kier molecular flexibility index (Phi) is 6.73. The summed E-state index contributed by atoms with van der Waals surface area (Å²) in [4.78, 5) is 38.5. The minimum atomic E-state index is -0.811. The molecule has 1 aliphatic heterocycles. The van der Waals surface area contributed by atoms with Gasteiger partial charge in [0, 0.05) is 12.3 Å². The first-order chi connectivity index (χ1) is 14.6. The van der Waals surface area contributed by atoms with Crippen LogP contribution in [0.3, 0.4) is 0 Å². The topological polar surface area (TPSA) is 99.6 Å². The highest BCUT2D eigenvalue weighted by molar-refractivity contribution is 5.79. The lowest BCUT2D eigenvalue weighted by atomic mass is 9.84. The highest BCUT2D eigenvalue weighted by Crippen LogP contribution is 2.37. The molecule has 0 bridgehead atoms. The number of nitrogens with one attached hydrogen (secondary N) is 1. The van der Waals surface area contributed by atoms with Crippen molar-refractivity contribution in [1.82, 2.24) is 9.55 Å². The minimum absolute atomic E-state index is 0.156. The Morgan fingerprint density at radius 1 is 1.07 bits per heavy atom. The molecule has 166 valence electrons. The van der Waals surface area contributed by atoms with Crippen molar-refractivity contribution in [3.8, 4) is 0 Å². The molecule has 0 aromatic carbocycles. The van der Waals surface area contributed by atoms with Crippen LogP contribution in [0.2, 0.25) is 0 Å². The Labute approximate surface area is 175 Å². The lowest BCUT2D eigenvalue weighted by molar-refractivity contribution is -0.192. The summed E-state index contributed by atoms with van der Waals surface area (Å²) in [6.07, 6.45) is 12.3. The average Bonchev–Trinajstić information content (AvgIpc) is 3.22. The summed E-state index contributed by atoms with van der Waals surface area (Å²) in [5.41, 5.74) is -1.74. The number of aromatic nitrogens is 2. The van der Waals surface area contributed by atoms with E-state index in [1.807, 2.05) is 0 Å². The van der Waals surface area contributed by atoms with Gasteiger partial charge in [0.05, 0.1) is 12.2 Å². The summed E-state index contributed by atoms with van der Waals surface area (Å²) < 4.78 is 19.4. The second-order valence-corrected chi connectivity index (χ2v) is 8.84. The molecule has 0 amide bonds. The summed E-state index contributed by atoms with van der Waals surface area (Å²) in [5.74, 6) is -0.263. The molecule has 3 fully saturated rings. The fraction of sp³-hybridized carbons (Fsp3) is 0.773. The van der Waals surface area contributed by atoms with Crippen LogP contribution in [0.1, 0.15) is 83.3 Å². The minimum Gasteiger partial charge on any atom is -0.461 e. The van der Waals surface area contributed by atoms with Crippen LogP contribution in [0.5, 0.6) is 0 Å². The van der Waals surface area contributed by atoms with Crippen LogP contribution in [0, 0.1) is 0 Å². The van der Waals surface area contributed by atoms with Gasteiger partial charge in [-0.1, -0.05) is 25.7 Å². The molecule has 2 atom stereocenters. The van der Waals surface area contributed by atoms with Crippen LogP contribution in [-0.4, -0.2) is 39.9 Å². The maximum absolute atomic E-state index is 13.1. The quantitative estimate of drug-likeness (QED) is 0.711. The van der Waals surface area contributed by atoms with Gasteiger partial charge in [-0.2, -0.15) is 0 Å². The van der Waals surface area contributed by atoms with Crippen molar-refractivity contribution in [2.75, 3.05) is 6.61 Å². The predicted molar refractivity (Wildman–Crippen MR) is 109 cm³/mol. The van der Waals surface area contributed by atoms with Crippen molar-refractivity contribution >= 4 is 5.97 Å². The number of aromatic amines is 1. The molecule has 2 saturated carbocycles. The molecule has 1 aromatic heterocycles. The molecule has 8 heteroatoms. The molecule has 1 saturated heterocycles. The fourth-order valence-electron chi connectivity index (χ4n) is 4.96. The van der Waals surface area contributed by atoms with Crippen molar-refractivity contribution in [3.63, 3.8) is 0 Å². The van der Waals surface area contributed by atoms with Gasteiger partial charge in [-0.05, 0) is 51.4 Å². The number of ether oxygens (including phenoxy) is 3. The standard InChI is InChI=1S/C22H32N2O6/c25-18-11-14-24(21(27)23-18)19-10-9-17(29-19)15-28-20(26)22(12-5-2-6-13-22)30-16-7-3-1-4-8-16/h11,14,16-17,19H,1-10,12-13,15H2,(H,23,25,27). The maximum Gasteiger partial charge on any atom is 0.338 e. The van der Waals surface area contributed by atoms with E-state index in [2.05, 4.69) is 4.98 Å². The number of hydrogen-bond donors (Lipinski definition) is 1. The third kappa shape index (κ3) is 4.86. The second kappa shape index (κ2) is 9.47. The Hall–Kier alpha value is -1.93. The van der Waals surface area contributed by atoms with Crippen LogP contribution < -0.4 is 11.2 Å². The summed E-state index contributed by atoms with van der Waals surface area (Å²) in [7, 11) is 0. The summed E-state index contributed by atoms with van der Waals surface area (Å²) in [5, 5.41) is 0. The van der Waals surface area contributed by atoms with Gasteiger partial charge in [-0.25, -0.2) is 9.59 Å². The van der Waals surface area contributed by atoms with Gasteiger partial charge in [0.2, 0.25) is 0 Å². The molecule has 2 heterocycles. The second-order valence-electron chi connectivity index (χ2n) is 8.84. The van der Waals surface area contributed by atoms with Crippen LogP contribution in [0.25, 0.3) is 0 Å². The Balaban J connectivity index is 1.34. The van der Waals surface area contributed by atoms with Gasteiger partial charge in [0.25, 0.3) is 5.56 Å². The first kappa shape index (κ1) is 21.3. The molecule has 3 aliphatic rings. The Bertz CT molecular complexity index is 835. The summed E-state index contributed by atoms with van der Waals surface area (Å²) in [6, 6.07) is 1.30. The smallest absolute Gasteiger partial charge is 0.338 e. The van der Waals surface area contributed by atoms with Gasteiger partial charge in [-0.3, -0.25) is 14.3 Å². The number of H-pyrrole nitrogens is 1. The fourth-order valence-corrected chi connectivity index (χ4v) is 4.96. The zero-order chi connectivity index (χ0) is 21.0. The van der Waals surface area contributed by atoms with Gasteiger partial charge in [0.15, 0.2) is 5.60 Å². The van der Waals surface area contributed by atoms with Crippen molar-refractivity contribution in [2.45, 2.75) is 101 Å². The Morgan fingerprint density at radius 2 is 1.80 bits per heavy atom. The highest BCUT2D eigenvalue weighted by Gasteiger charge is 2.44. The SMILES string of the molecule is O=C(OCC1CCC(n2ccc(=O)[nH]c2=O)O1)C1(OC2CCCCC2)CCCCC1. The first-order valence-corrected chi connectivity index (χ1v) is 11.4. The third-order valence-electron chi connectivity index (χ3n) is 6.62. The van der Waals surface area contributed by atoms with Crippen molar-refractivity contribution in [1.29, 1.82) is 0 Å². The van der Waals surface area contributed by atoms with E-state index in [1.165, 1.54) is 23.3 Å². The van der Waals surface area contributed by atoms with E-state index < -0.39 is 23.1 Å². The molecule has 30 heavy (non-hydrogen) atoms. The first-order valence-electron chi connectivity index (χ1n) is 11.4. The molecule has 1 N–H and O–H groups in total. The monoisotopic (exact) mass is 420 g/mol. The van der Waals surface area contributed by atoms with Crippen LogP contribution >= 0.6 is 0 Å². The van der Waals surface area contributed by atoms with E-state index >= 15 is 0 Å². The number of rotatable bonds is 6. The molecule has 2 aliphatic carbocycles. The molecule has 0 spiro atoms. The lowest BCUT2D eigenvalue weighted by Crippen LogP contribution is -2.48. The van der Waals surface area contributed by atoms with Crippen LogP contribution in [0.15, 0.2) is 21.9 Å². The molecular weight excluding hydrogens is 388 g/mol. The maximum atomic E-state index is 13.1. The summed E-state index contributed by atoms with van der Waals surface area (Å²) >= 11 is 0. The van der Waals surface area contributed by atoms with Crippen molar-refractivity contribution < 1.29 is 19.0 Å². The van der Waals surface area contributed by atoms with Gasteiger partial charge in [-0.15, -0.1) is 0 Å². The van der Waals surface area contributed by atoms with E-state index in [-0.39, 0.29) is 24.8 Å². The van der Waals surface area contributed by atoms with E-state index in [1.54, 1.807) is 0 Å². The van der Waals surface area contributed by atoms with Crippen LogP contribution in [-0.2, 0) is 19.0 Å². The third-order valence-corrected chi connectivity index (χ3v) is 6.62. The number of nitrogens with zero attached hydrogens (tertiary/aromatic N) is 1. The molecule has 1 aromatic rings. The largest absolute Gasteiger partial charge is 0.461 e.